The Hall–Kier alpha value is -2.16. The molecular formula is C14H13NO2. The number of carbonyl (C=O) groups is 1. The van der Waals surface area contributed by atoms with Crippen LogP contribution in [0.25, 0.3) is 11.1 Å². The number of aryl methyl sites for hydroxylation is 1. The number of ether oxygens (including phenoxy) is 1. The molecule has 0 amide bonds. The highest BCUT2D eigenvalue weighted by molar-refractivity contribution is 5.90. The third-order valence-electron chi connectivity index (χ3n) is 2.51. The molecule has 0 fully saturated rings. The van der Waals surface area contributed by atoms with Crippen molar-refractivity contribution >= 4 is 5.97 Å². The van der Waals surface area contributed by atoms with Crippen LogP contribution in [0.4, 0.5) is 0 Å². The number of carbonyl (C=O) groups excluding carboxylic acids is 1. The molecule has 0 N–H and O–H groups in total. The van der Waals surface area contributed by atoms with E-state index in [1.807, 2.05) is 37.3 Å². The highest BCUT2D eigenvalue weighted by atomic mass is 16.5. The molecule has 2 rings (SSSR count). The zero-order valence-electron chi connectivity index (χ0n) is 9.81. The molecule has 1 aromatic carbocycles. The average Bonchev–Trinajstić information content (AvgIpc) is 2.38. The summed E-state index contributed by atoms with van der Waals surface area (Å²) in [6.45, 7) is 1.94. The second-order valence-corrected chi connectivity index (χ2v) is 3.76. The third-order valence-corrected chi connectivity index (χ3v) is 2.51. The Labute approximate surface area is 100 Å². The van der Waals surface area contributed by atoms with Crippen molar-refractivity contribution in [1.29, 1.82) is 0 Å². The molecule has 0 radical (unpaired) electrons. The molecule has 0 bridgehead atoms. The predicted octanol–water partition coefficient (Wildman–Crippen LogP) is 2.84. The highest BCUT2D eigenvalue weighted by Gasteiger charge is 2.06. The van der Waals surface area contributed by atoms with Crippen molar-refractivity contribution < 1.29 is 9.53 Å². The lowest BCUT2D eigenvalue weighted by Gasteiger charge is -2.04. The van der Waals surface area contributed by atoms with E-state index in [0.717, 1.165) is 16.8 Å². The van der Waals surface area contributed by atoms with Gasteiger partial charge in [-0.15, -0.1) is 0 Å². The number of hydrogen-bond acceptors (Lipinski definition) is 3. The molecule has 0 aliphatic heterocycles. The van der Waals surface area contributed by atoms with E-state index in [2.05, 4.69) is 4.98 Å². The third kappa shape index (κ3) is 2.50. The number of benzene rings is 1. The Morgan fingerprint density at radius 1 is 1.18 bits per heavy atom. The van der Waals surface area contributed by atoms with E-state index in [4.69, 9.17) is 4.74 Å². The second-order valence-electron chi connectivity index (χ2n) is 3.76. The number of methoxy groups -OCH3 is 1. The first-order chi connectivity index (χ1) is 8.20. The van der Waals surface area contributed by atoms with Gasteiger partial charge in [-0.25, -0.2) is 4.79 Å². The van der Waals surface area contributed by atoms with Gasteiger partial charge in [0.05, 0.1) is 12.7 Å². The maximum Gasteiger partial charge on any atom is 0.337 e. The van der Waals surface area contributed by atoms with Crippen LogP contribution >= 0.6 is 0 Å². The van der Waals surface area contributed by atoms with Crippen LogP contribution in [-0.4, -0.2) is 18.1 Å². The van der Waals surface area contributed by atoms with Gasteiger partial charge in [0, 0.05) is 11.9 Å². The summed E-state index contributed by atoms with van der Waals surface area (Å²) in [7, 11) is 1.38. The van der Waals surface area contributed by atoms with Crippen LogP contribution in [0, 0.1) is 6.92 Å². The van der Waals surface area contributed by atoms with Gasteiger partial charge in [0.15, 0.2) is 0 Å². The van der Waals surface area contributed by atoms with E-state index in [1.54, 1.807) is 12.3 Å². The maximum absolute atomic E-state index is 11.4. The summed E-state index contributed by atoms with van der Waals surface area (Å²) in [5, 5.41) is 0. The normalized spacial score (nSPS) is 10.0. The fourth-order valence-corrected chi connectivity index (χ4v) is 1.67. The van der Waals surface area contributed by atoms with Gasteiger partial charge >= 0.3 is 5.97 Å². The van der Waals surface area contributed by atoms with Crippen molar-refractivity contribution in [1.82, 2.24) is 4.98 Å². The standard InChI is InChI=1S/C14H13NO2/c1-10-8-12(6-7-15-10)11-4-3-5-13(9-11)14(16)17-2/h3-9H,1-2H3. The van der Waals surface area contributed by atoms with Crippen LogP contribution in [0.1, 0.15) is 16.1 Å². The molecule has 1 heterocycles. The van der Waals surface area contributed by atoms with Crippen LogP contribution in [0.5, 0.6) is 0 Å². The molecule has 0 saturated carbocycles. The molecule has 17 heavy (non-hydrogen) atoms. The molecule has 1 aromatic heterocycles. The van der Waals surface area contributed by atoms with E-state index in [-0.39, 0.29) is 5.97 Å². The molecule has 0 unspecified atom stereocenters. The van der Waals surface area contributed by atoms with Crippen molar-refractivity contribution in [2.75, 3.05) is 7.11 Å². The number of aromatic nitrogens is 1. The van der Waals surface area contributed by atoms with Crippen molar-refractivity contribution in [3.05, 3.63) is 53.9 Å². The van der Waals surface area contributed by atoms with Crippen LogP contribution in [0.3, 0.4) is 0 Å². The topological polar surface area (TPSA) is 39.2 Å². The van der Waals surface area contributed by atoms with Gasteiger partial charge in [-0.05, 0) is 42.3 Å². The zero-order chi connectivity index (χ0) is 12.3. The SMILES string of the molecule is COC(=O)c1cccc(-c2ccnc(C)c2)c1. The van der Waals surface area contributed by atoms with Gasteiger partial charge in [0.1, 0.15) is 0 Å². The Bertz CT molecular complexity index is 549. The average molecular weight is 227 g/mol. The largest absolute Gasteiger partial charge is 0.465 e. The Balaban J connectivity index is 2.43. The molecule has 0 atom stereocenters. The summed E-state index contributed by atoms with van der Waals surface area (Å²) >= 11 is 0. The molecule has 0 spiro atoms. The van der Waals surface area contributed by atoms with Crippen molar-refractivity contribution in [2.24, 2.45) is 0 Å². The molecule has 0 aliphatic carbocycles. The lowest BCUT2D eigenvalue weighted by molar-refractivity contribution is 0.0601. The van der Waals surface area contributed by atoms with Gasteiger partial charge in [0.25, 0.3) is 0 Å². The smallest absolute Gasteiger partial charge is 0.337 e. The summed E-state index contributed by atoms with van der Waals surface area (Å²) in [5.41, 5.74) is 3.53. The fraction of sp³-hybridized carbons (Fsp3) is 0.143. The quantitative estimate of drug-likeness (QED) is 0.740. The Morgan fingerprint density at radius 3 is 2.65 bits per heavy atom. The van der Waals surface area contributed by atoms with Crippen molar-refractivity contribution in [3.63, 3.8) is 0 Å². The van der Waals surface area contributed by atoms with Gasteiger partial charge in [-0.3, -0.25) is 4.98 Å². The molecule has 0 saturated heterocycles. The molecule has 3 heteroatoms. The van der Waals surface area contributed by atoms with Gasteiger partial charge in [-0.1, -0.05) is 12.1 Å². The molecule has 3 nitrogen and oxygen atoms in total. The summed E-state index contributed by atoms with van der Waals surface area (Å²) < 4.78 is 4.70. The van der Waals surface area contributed by atoms with Crippen LogP contribution in [0.2, 0.25) is 0 Å². The van der Waals surface area contributed by atoms with E-state index in [9.17, 15) is 4.79 Å². The molecule has 86 valence electrons. The van der Waals surface area contributed by atoms with Crippen LogP contribution in [0.15, 0.2) is 42.6 Å². The molecular weight excluding hydrogens is 214 g/mol. The van der Waals surface area contributed by atoms with E-state index < -0.39 is 0 Å². The monoisotopic (exact) mass is 227 g/mol. The van der Waals surface area contributed by atoms with E-state index in [1.165, 1.54) is 7.11 Å². The highest BCUT2D eigenvalue weighted by Crippen LogP contribution is 2.20. The Kier molecular flexibility index (Phi) is 3.19. The number of hydrogen-bond donors (Lipinski definition) is 0. The molecule has 2 aromatic rings. The van der Waals surface area contributed by atoms with Crippen molar-refractivity contribution in [3.8, 4) is 11.1 Å². The Morgan fingerprint density at radius 2 is 1.94 bits per heavy atom. The van der Waals surface area contributed by atoms with E-state index >= 15 is 0 Å². The minimum Gasteiger partial charge on any atom is -0.465 e. The van der Waals surface area contributed by atoms with Crippen LogP contribution < -0.4 is 0 Å². The summed E-state index contributed by atoms with van der Waals surface area (Å²) in [5.74, 6) is -0.322. The number of esters is 1. The lowest BCUT2D eigenvalue weighted by atomic mass is 10.0. The predicted molar refractivity (Wildman–Crippen MR) is 65.7 cm³/mol. The van der Waals surface area contributed by atoms with Gasteiger partial charge in [-0.2, -0.15) is 0 Å². The number of pyridine rings is 1. The van der Waals surface area contributed by atoms with Gasteiger partial charge in [0.2, 0.25) is 0 Å². The zero-order valence-corrected chi connectivity index (χ0v) is 9.81. The van der Waals surface area contributed by atoms with E-state index in [0.29, 0.717) is 5.56 Å². The van der Waals surface area contributed by atoms with Crippen molar-refractivity contribution in [2.45, 2.75) is 6.92 Å². The molecule has 0 aliphatic rings. The summed E-state index contributed by atoms with van der Waals surface area (Å²) in [6.07, 6.45) is 1.76. The minimum atomic E-state index is -0.322. The lowest BCUT2D eigenvalue weighted by Crippen LogP contribution is -2.00. The van der Waals surface area contributed by atoms with Gasteiger partial charge < -0.3 is 4.74 Å². The first-order valence-electron chi connectivity index (χ1n) is 5.32. The summed E-state index contributed by atoms with van der Waals surface area (Å²) in [6, 6.07) is 11.3. The second kappa shape index (κ2) is 4.78. The first-order valence-corrected chi connectivity index (χ1v) is 5.32. The summed E-state index contributed by atoms with van der Waals surface area (Å²) in [4.78, 5) is 15.6. The number of rotatable bonds is 2. The van der Waals surface area contributed by atoms with Crippen LogP contribution in [-0.2, 0) is 4.74 Å². The fourth-order valence-electron chi connectivity index (χ4n) is 1.67. The minimum absolute atomic E-state index is 0.322. The number of nitrogens with zero attached hydrogens (tertiary/aromatic N) is 1. The first kappa shape index (κ1) is 11.3. The maximum atomic E-state index is 11.4.